The third kappa shape index (κ3) is 4.20. The summed E-state index contributed by atoms with van der Waals surface area (Å²) in [6.45, 7) is 5.64. The van der Waals surface area contributed by atoms with Crippen LogP contribution in [0.2, 0.25) is 0 Å². The smallest absolute Gasteiger partial charge is 0.323 e. The van der Waals surface area contributed by atoms with E-state index in [4.69, 9.17) is 5.11 Å². The number of aryl methyl sites for hydroxylation is 1. The molecule has 0 radical (unpaired) electrons. The highest BCUT2D eigenvalue weighted by Crippen LogP contribution is 2.15. The first-order valence-corrected chi connectivity index (χ1v) is 6.83. The van der Waals surface area contributed by atoms with Crippen LogP contribution in [0, 0.1) is 6.92 Å². The molecule has 1 heterocycles. The predicted octanol–water partition coefficient (Wildman–Crippen LogP) is 1.80. The molecule has 19 heavy (non-hydrogen) atoms. The van der Waals surface area contributed by atoms with Crippen LogP contribution in [0.25, 0.3) is 0 Å². The van der Waals surface area contributed by atoms with Gasteiger partial charge in [0.2, 0.25) is 0 Å². The minimum absolute atomic E-state index is 0.159. The van der Waals surface area contributed by atoms with Crippen LogP contribution in [0.1, 0.15) is 24.4 Å². The molecule has 0 unspecified atom stereocenters. The molecule has 0 aliphatic rings. The van der Waals surface area contributed by atoms with Gasteiger partial charge < -0.3 is 14.9 Å². The molecular formula is C12H19N3O3S. The quantitative estimate of drug-likeness (QED) is 0.895. The number of carboxylic acids is 1. The summed E-state index contributed by atoms with van der Waals surface area (Å²) in [4.78, 5) is 31.0. The minimum Gasteiger partial charge on any atom is -0.480 e. The fourth-order valence-corrected chi connectivity index (χ4v) is 2.43. The van der Waals surface area contributed by atoms with E-state index in [0.717, 1.165) is 10.6 Å². The van der Waals surface area contributed by atoms with Crippen molar-refractivity contribution >= 4 is 23.3 Å². The van der Waals surface area contributed by atoms with Crippen molar-refractivity contribution in [1.82, 2.24) is 14.8 Å². The Labute approximate surface area is 116 Å². The molecule has 1 aromatic heterocycles. The highest BCUT2D eigenvalue weighted by atomic mass is 32.1. The summed E-state index contributed by atoms with van der Waals surface area (Å²) in [5.41, 5.74) is 2.64. The van der Waals surface area contributed by atoms with Crippen molar-refractivity contribution in [2.45, 2.75) is 33.4 Å². The Bertz CT molecular complexity index is 459. The molecule has 0 saturated heterocycles. The second-order valence-electron chi connectivity index (χ2n) is 4.61. The molecule has 0 aromatic carbocycles. The maximum atomic E-state index is 12.2. The summed E-state index contributed by atoms with van der Waals surface area (Å²) < 4.78 is 0. The number of aromatic nitrogens is 1. The number of amides is 2. The van der Waals surface area contributed by atoms with Gasteiger partial charge in [-0.1, -0.05) is 0 Å². The standard InChI is InChI=1S/C12H19N3O3S/c1-8(2)15(6-11(16)17)12(18)14(4)5-10-9(3)13-7-19-10/h7-8H,5-6H2,1-4H3,(H,16,17). The zero-order chi connectivity index (χ0) is 14.6. The van der Waals surface area contributed by atoms with Crippen molar-refractivity contribution in [3.8, 4) is 0 Å². The average molecular weight is 285 g/mol. The molecule has 2 amide bonds. The Kier molecular flexibility index (Phi) is 5.29. The van der Waals surface area contributed by atoms with E-state index in [1.54, 1.807) is 26.4 Å². The Hall–Kier alpha value is -1.63. The van der Waals surface area contributed by atoms with Crippen molar-refractivity contribution in [2.24, 2.45) is 0 Å². The van der Waals surface area contributed by atoms with Crippen LogP contribution in [0.4, 0.5) is 4.79 Å². The predicted molar refractivity (Wildman–Crippen MR) is 73.2 cm³/mol. The van der Waals surface area contributed by atoms with Gasteiger partial charge in [-0.3, -0.25) is 4.79 Å². The van der Waals surface area contributed by atoms with Crippen molar-refractivity contribution in [3.63, 3.8) is 0 Å². The third-order valence-corrected chi connectivity index (χ3v) is 3.65. The third-order valence-electron chi connectivity index (χ3n) is 2.73. The molecule has 0 bridgehead atoms. The Morgan fingerprint density at radius 3 is 2.53 bits per heavy atom. The van der Waals surface area contributed by atoms with Gasteiger partial charge in [-0.15, -0.1) is 11.3 Å². The lowest BCUT2D eigenvalue weighted by atomic mass is 10.3. The van der Waals surface area contributed by atoms with E-state index in [2.05, 4.69) is 4.98 Å². The number of carboxylic acid groups (broad SMARTS) is 1. The zero-order valence-corrected chi connectivity index (χ0v) is 12.4. The molecule has 0 spiro atoms. The van der Waals surface area contributed by atoms with Gasteiger partial charge in [-0.25, -0.2) is 9.78 Å². The zero-order valence-electron chi connectivity index (χ0n) is 11.6. The second-order valence-corrected chi connectivity index (χ2v) is 5.55. The summed E-state index contributed by atoms with van der Waals surface area (Å²) in [7, 11) is 1.67. The number of hydrogen-bond donors (Lipinski definition) is 1. The van der Waals surface area contributed by atoms with Crippen molar-refractivity contribution in [1.29, 1.82) is 0 Å². The van der Waals surface area contributed by atoms with Gasteiger partial charge in [0.25, 0.3) is 0 Å². The highest BCUT2D eigenvalue weighted by Gasteiger charge is 2.23. The number of nitrogens with zero attached hydrogens (tertiary/aromatic N) is 3. The molecule has 1 N–H and O–H groups in total. The monoisotopic (exact) mass is 285 g/mol. The number of hydrogen-bond acceptors (Lipinski definition) is 4. The molecule has 6 nitrogen and oxygen atoms in total. The van der Waals surface area contributed by atoms with E-state index in [1.807, 2.05) is 6.92 Å². The largest absolute Gasteiger partial charge is 0.480 e. The number of carbonyl (C=O) groups is 2. The van der Waals surface area contributed by atoms with Crippen molar-refractivity contribution < 1.29 is 14.7 Å². The second kappa shape index (κ2) is 6.51. The molecule has 0 atom stereocenters. The first-order chi connectivity index (χ1) is 8.82. The maximum Gasteiger partial charge on any atom is 0.323 e. The summed E-state index contributed by atoms with van der Waals surface area (Å²) in [5.74, 6) is -1.01. The van der Waals surface area contributed by atoms with E-state index < -0.39 is 5.97 Å². The number of carbonyl (C=O) groups excluding carboxylic acids is 1. The molecule has 1 aromatic rings. The average Bonchev–Trinajstić information content (AvgIpc) is 2.70. The summed E-state index contributed by atoms with van der Waals surface area (Å²) in [5, 5.41) is 8.84. The lowest BCUT2D eigenvalue weighted by Crippen LogP contribution is -2.46. The highest BCUT2D eigenvalue weighted by molar-refractivity contribution is 7.09. The van der Waals surface area contributed by atoms with Crippen LogP contribution < -0.4 is 0 Å². The fourth-order valence-electron chi connectivity index (χ4n) is 1.60. The van der Waals surface area contributed by atoms with Crippen LogP contribution >= 0.6 is 11.3 Å². The van der Waals surface area contributed by atoms with Gasteiger partial charge in [0.15, 0.2) is 0 Å². The molecule has 0 fully saturated rings. The normalized spacial score (nSPS) is 10.6. The van der Waals surface area contributed by atoms with Crippen LogP contribution in [-0.4, -0.2) is 51.5 Å². The fraction of sp³-hybridized carbons (Fsp3) is 0.583. The topological polar surface area (TPSA) is 73.7 Å². The van der Waals surface area contributed by atoms with Gasteiger partial charge in [0.05, 0.1) is 17.7 Å². The first-order valence-electron chi connectivity index (χ1n) is 5.95. The van der Waals surface area contributed by atoms with Crippen LogP contribution in [-0.2, 0) is 11.3 Å². The minimum atomic E-state index is -1.01. The van der Waals surface area contributed by atoms with Gasteiger partial charge in [0.1, 0.15) is 6.54 Å². The van der Waals surface area contributed by atoms with Gasteiger partial charge in [0, 0.05) is 18.0 Å². The van der Waals surface area contributed by atoms with Crippen LogP contribution in [0.5, 0.6) is 0 Å². The first kappa shape index (κ1) is 15.4. The van der Waals surface area contributed by atoms with E-state index in [-0.39, 0.29) is 18.6 Å². The molecule has 0 saturated carbocycles. The molecule has 7 heteroatoms. The molecular weight excluding hydrogens is 266 g/mol. The summed E-state index contributed by atoms with van der Waals surface area (Å²) in [6.07, 6.45) is 0. The maximum absolute atomic E-state index is 12.2. The van der Waals surface area contributed by atoms with E-state index in [1.165, 1.54) is 21.1 Å². The molecule has 0 aliphatic carbocycles. The molecule has 106 valence electrons. The number of thiazole rings is 1. The summed E-state index contributed by atoms with van der Waals surface area (Å²) in [6, 6.07) is -0.446. The van der Waals surface area contributed by atoms with Crippen LogP contribution in [0.15, 0.2) is 5.51 Å². The summed E-state index contributed by atoms with van der Waals surface area (Å²) >= 11 is 1.49. The van der Waals surface area contributed by atoms with Gasteiger partial charge >= 0.3 is 12.0 Å². The number of urea groups is 1. The van der Waals surface area contributed by atoms with Crippen molar-refractivity contribution in [3.05, 3.63) is 16.1 Å². The lowest BCUT2D eigenvalue weighted by Gasteiger charge is -2.29. The van der Waals surface area contributed by atoms with E-state index in [9.17, 15) is 9.59 Å². The van der Waals surface area contributed by atoms with Crippen molar-refractivity contribution in [2.75, 3.05) is 13.6 Å². The van der Waals surface area contributed by atoms with Crippen LogP contribution in [0.3, 0.4) is 0 Å². The van der Waals surface area contributed by atoms with E-state index in [0.29, 0.717) is 6.54 Å². The molecule has 1 rings (SSSR count). The number of aliphatic carboxylic acids is 1. The van der Waals surface area contributed by atoms with E-state index >= 15 is 0 Å². The van der Waals surface area contributed by atoms with Gasteiger partial charge in [-0.2, -0.15) is 0 Å². The molecule has 0 aliphatic heterocycles. The Morgan fingerprint density at radius 2 is 2.11 bits per heavy atom. The Balaban J connectivity index is 2.73. The van der Waals surface area contributed by atoms with Gasteiger partial charge in [-0.05, 0) is 20.8 Å². The Morgan fingerprint density at radius 1 is 1.47 bits per heavy atom. The lowest BCUT2D eigenvalue weighted by molar-refractivity contribution is -0.138. The SMILES string of the molecule is Cc1ncsc1CN(C)C(=O)N(CC(=O)O)C(C)C. The number of rotatable bonds is 5.